The van der Waals surface area contributed by atoms with E-state index in [9.17, 15) is 0 Å². The van der Waals surface area contributed by atoms with Gasteiger partial charge in [-0.3, -0.25) is 0 Å². The molecule has 0 atom stereocenters. The number of hydrogen-bond acceptors (Lipinski definition) is 3. The minimum atomic E-state index is 0.0531. The molecule has 1 nitrogen and oxygen atoms in total. The van der Waals surface area contributed by atoms with Crippen molar-refractivity contribution in [3.63, 3.8) is 0 Å². The molecule has 146 valence electrons. The summed E-state index contributed by atoms with van der Waals surface area (Å²) in [6.07, 6.45) is 0. The van der Waals surface area contributed by atoms with Crippen molar-refractivity contribution >= 4 is 34.9 Å². The van der Waals surface area contributed by atoms with E-state index in [1.54, 1.807) is 0 Å². The van der Waals surface area contributed by atoms with E-state index >= 15 is 0 Å². The average molecular weight is 424 g/mol. The van der Waals surface area contributed by atoms with Crippen LogP contribution in [0.5, 0.6) is 0 Å². The van der Waals surface area contributed by atoms with E-state index in [1.807, 2.05) is 23.5 Å². The van der Waals surface area contributed by atoms with Gasteiger partial charge in [0.05, 0.1) is 0 Å². The van der Waals surface area contributed by atoms with Gasteiger partial charge in [0.2, 0.25) is 0 Å². The molecular weight excluding hydrogens is 402 g/mol. The predicted molar refractivity (Wildman–Crippen MR) is 128 cm³/mol. The average Bonchev–Trinajstić information content (AvgIpc) is 2.99. The lowest BCUT2D eigenvalue weighted by Gasteiger charge is -2.21. The normalized spacial score (nSPS) is 15.0. The van der Waals surface area contributed by atoms with E-state index in [1.165, 1.54) is 41.8 Å². The van der Waals surface area contributed by atoms with E-state index in [-0.39, 0.29) is 5.41 Å². The van der Waals surface area contributed by atoms with Gasteiger partial charge >= 0.3 is 0 Å². The first-order valence-electron chi connectivity index (χ1n) is 10.2. The summed E-state index contributed by atoms with van der Waals surface area (Å²) in [7, 11) is 0. The molecule has 4 aromatic carbocycles. The Kier molecular flexibility index (Phi) is 4.06. The summed E-state index contributed by atoms with van der Waals surface area (Å²) in [5, 5.41) is 3.64. The third kappa shape index (κ3) is 2.80. The summed E-state index contributed by atoms with van der Waals surface area (Å²) in [6, 6.07) is 30.9. The molecule has 0 radical (unpaired) electrons. The van der Waals surface area contributed by atoms with Gasteiger partial charge in [-0.2, -0.15) is 0 Å². The quantitative estimate of drug-likeness (QED) is 0.306. The Morgan fingerprint density at radius 2 is 1.17 bits per heavy atom. The standard InChI is InChI=1S/C27H21NS2/c1-27(2)21-8-4-3-7-19(21)20-15-17(11-13-22(20)27)28-18-12-14-25-26(16-18)30-24-10-6-5-9-23(24)29-25/h3-16,28H,1-2H3. The number of rotatable bonds is 2. The van der Waals surface area contributed by atoms with Gasteiger partial charge < -0.3 is 5.32 Å². The lowest BCUT2D eigenvalue weighted by molar-refractivity contribution is 0.660. The van der Waals surface area contributed by atoms with Crippen LogP contribution in [-0.4, -0.2) is 0 Å². The second kappa shape index (κ2) is 6.69. The zero-order valence-corrected chi connectivity index (χ0v) is 18.5. The summed E-state index contributed by atoms with van der Waals surface area (Å²) < 4.78 is 0. The third-order valence-electron chi connectivity index (χ3n) is 6.10. The SMILES string of the molecule is CC1(C)c2ccccc2-c2cc(Nc3ccc4c(c3)Sc3ccccc3S4)ccc21. The molecule has 0 saturated carbocycles. The van der Waals surface area contributed by atoms with Gasteiger partial charge in [0.25, 0.3) is 0 Å². The number of nitrogens with one attached hydrogen (secondary N) is 1. The fraction of sp³-hybridized carbons (Fsp3) is 0.111. The van der Waals surface area contributed by atoms with Crippen LogP contribution >= 0.6 is 23.5 Å². The van der Waals surface area contributed by atoms with Crippen molar-refractivity contribution in [3.8, 4) is 11.1 Å². The van der Waals surface area contributed by atoms with Crippen LogP contribution in [0, 0.1) is 0 Å². The Morgan fingerprint density at radius 1 is 0.567 bits per heavy atom. The van der Waals surface area contributed by atoms with Gasteiger partial charge in [-0.1, -0.05) is 79.8 Å². The highest BCUT2D eigenvalue weighted by Gasteiger charge is 2.35. The molecule has 0 spiro atoms. The van der Waals surface area contributed by atoms with Crippen molar-refractivity contribution in [1.29, 1.82) is 0 Å². The fourth-order valence-corrected chi connectivity index (χ4v) is 6.82. The number of fused-ring (bicyclic) bond motifs is 5. The van der Waals surface area contributed by atoms with Crippen molar-refractivity contribution in [2.75, 3.05) is 5.32 Å². The van der Waals surface area contributed by atoms with E-state index in [0.29, 0.717) is 0 Å². The highest BCUT2D eigenvalue weighted by molar-refractivity contribution is 8.05. The number of benzene rings is 4. The maximum absolute atomic E-state index is 3.64. The molecule has 0 amide bonds. The van der Waals surface area contributed by atoms with Gasteiger partial charge in [0.1, 0.15) is 0 Å². The van der Waals surface area contributed by atoms with Gasteiger partial charge in [0.15, 0.2) is 0 Å². The van der Waals surface area contributed by atoms with E-state index in [4.69, 9.17) is 0 Å². The zero-order chi connectivity index (χ0) is 20.3. The van der Waals surface area contributed by atoms with Crippen molar-refractivity contribution in [2.45, 2.75) is 38.8 Å². The highest BCUT2D eigenvalue weighted by atomic mass is 32.2. The van der Waals surface area contributed by atoms with Crippen LogP contribution in [-0.2, 0) is 5.41 Å². The fourth-order valence-electron chi connectivity index (χ4n) is 4.57. The van der Waals surface area contributed by atoms with Crippen LogP contribution in [0.25, 0.3) is 11.1 Å². The van der Waals surface area contributed by atoms with Crippen LogP contribution in [0.15, 0.2) is 105 Å². The lowest BCUT2D eigenvalue weighted by Crippen LogP contribution is -2.14. The smallest absolute Gasteiger partial charge is 0.0396 e. The van der Waals surface area contributed by atoms with Crippen LogP contribution in [0.3, 0.4) is 0 Å². The molecular formula is C27H21NS2. The summed E-state index contributed by atoms with van der Waals surface area (Å²) >= 11 is 3.71. The van der Waals surface area contributed by atoms with Crippen LogP contribution in [0.1, 0.15) is 25.0 Å². The predicted octanol–water partition coefficient (Wildman–Crippen LogP) is 8.35. The van der Waals surface area contributed by atoms with Crippen molar-refractivity contribution in [3.05, 3.63) is 96.1 Å². The molecule has 1 heterocycles. The van der Waals surface area contributed by atoms with Crippen molar-refractivity contribution in [2.24, 2.45) is 0 Å². The third-order valence-corrected chi connectivity index (χ3v) is 8.65. The topological polar surface area (TPSA) is 12.0 Å². The summed E-state index contributed by atoms with van der Waals surface area (Å²) in [6.45, 7) is 4.64. The molecule has 0 fully saturated rings. The molecule has 1 aliphatic carbocycles. The molecule has 6 rings (SSSR count). The lowest BCUT2D eigenvalue weighted by atomic mass is 9.82. The first kappa shape index (κ1) is 18.2. The Bertz CT molecular complexity index is 1310. The van der Waals surface area contributed by atoms with E-state index in [0.717, 1.165) is 11.4 Å². The largest absolute Gasteiger partial charge is 0.355 e. The second-order valence-corrected chi connectivity index (χ2v) is 10.5. The molecule has 0 aromatic heterocycles. The minimum absolute atomic E-state index is 0.0531. The highest BCUT2D eigenvalue weighted by Crippen LogP contribution is 2.50. The molecule has 0 saturated heterocycles. The van der Waals surface area contributed by atoms with Crippen molar-refractivity contribution in [1.82, 2.24) is 0 Å². The van der Waals surface area contributed by atoms with Crippen LogP contribution in [0.4, 0.5) is 11.4 Å². The molecule has 1 aliphatic heterocycles. The second-order valence-electron chi connectivity index (χ2n) is 8.37. The monoisotopic (exact) mass is 423 g/mol. The van der Waals surface area contributed by atoms with Gasteiger partial charge in [-0.25, -0.2) is 0 Å². The molecule has 30 heavy (non-hydrogen) atoms. The maximum atomic E-state index is 3.64. The zero-order valence-electron chi connectivity index (χ0n) is 16.9. The first-order chi connectivity index (χ1) is 14.6. The molecule has 0 bridgehead atoms. The Balaban J connectivity index is 1.34. The van der Waals surface area contributed by atoms with E-state index in [2.05, 4.69) is 104 Å². The Morgan fingerprint density at radius 3 is 2.00 bits per heavy atom. The maximum Gasteiger partial charge on any atom is 0.0396 e. The van der Waals surface area contributed by atoms with Crippen LogP contribution < -0.4 is 5.32 Å². The van der Waals surface area contributed by atoms with E-state index < -0.39 is 0 Å². The summed E-state index contributed by atoms with van der Waals surface area (Å²) in [5.74, 6) is 0. The van der Waals surface area contributed by atoms with Gasteiger partial charge in [-0.05, 0) is 64.7 Å². The van der Waals surface area contributed by atoms with Gasteiger partial charge in [-0.15, -0.1) is 0 Å². The molecule has 4 aromatic rings. The summed E-state index contributed by atoms with van der Waals surface area (Å²) in [4.78, 5) is 5.32. The van der Waals surface area contributed by atoms with Gasteiger partial charge in [0, 0.05) is 36.4 Å². The molecule has 0 unspecified atom stereocenters. The van der Waals surface area contributed by atoms with Crippen molar-refractivity contribution < 1.29 is 0 Å². The van der Waals surface area contributed by atoms with Crippen LogP contribution in [0.2, 0.25) is 0 Å². The Labute approximate surface area is 185 Å². The first-order valence-corrected chi connectivity index (χ1v) is 11.8. The summed E-state index contributed by atoms with van der Waals surface area (Å²) in [5.41, 5.74) is 7.84. The minimum Gasteiger partial charge on any atom is -0.355 e. The molecule has 3 heteroatoms. The molecule has 2 aliphatic rings. The molecule has 1 N–H and O–H groups in total. The Hall–Kier alpha value is -2.62. The number of hydrogen-bond donors (Lipinski definition) is 1. The number of anilines is 2.